The maximum atomic E-state index is 11.3. The van der Waals surface area contributed by atoms with E-state index in [0.717, 1.165) is 12.0 Å². The number of nitrogens with one attached hydrogen (secondary N) is 1. The smallest absolute Gasteiger partial charge is 0.300 e. The number of furan rings is 1. The Morgan fingerprint density at radius 3 is 3.11 bits per heavy atom. The van der Waals surface area contributed by atoms with E-state index in [4.69, 9.17) is 15.0 Å². The third-order valence-electron chi connectivity index (χ3n) is 2.71. The van der Waals surface area contributed by atoms with Crippen LogP contribution in [0.3, 0.4) is 0 Å². The molecule has 5 nitrogen and oxygen atoms in total. The van der Waals surface area contributed by atoms with E-state index in [1.54, 1.807) is 24.3 Å². The second-order valence-electron chi connectivity index (χ2n) is 4.05. The second kappa shape index (κ2) is 6.51. The first-order valence-electron chi connectivity index (χ1n) is 5.91. The first-order chi connectivity index (χ1) is 9.20. The molecule has 0 aliphatic rings. The summed E-state index contributed by atoms with van der Waals surface area (Å²) < 4.78 is 10.9. The maximum absolute atomic E-state index is 11.3. The van der Waals surface area contributed by atoms with Crippen molar-refractivity contribution >= 4 is 17.2 Å². The number of amides is 1. The maximum Gasteiger partial charge on any atom is 0.300 e. The Kier molecular flexibility index (Phi) is 4.73. The molecule has 2 heterocycles. The minimum absolute atomic E-state index is 0.205. The molecular weight excluding hydrogens is 264 g/mol. The molecule has 0 fully saturated rings. The van der Waals surface area contributed by atoms with Crippen LogP contribution in [-0.4, -0.2) is 12.5 Å². The molecule has 19 heavy (non-hydrogen) atoms. The molecule has 0 aromatic carbocycles. The molecule has 2 aromatic rings. The van der Waals surface area contributed by atoms with Gasteiger partial charge in [0.1, 0.15) is 5.76 Å². The van der Waals surface area contributed by atoms with Crippen LogP contribution in [0.15, 0.2) is 28.0 Å². The van der Waals surface area contributed by atoms with Gasteiger partial charge in [-0.25, -0.2) is 5.84 Å². The highest BCUT2D eigenvalue weighted by Gasteiger charge is 2.13. The van der Waals surface area contributed by atoms with Crippen molar-refractivity contribution in [2.75, 3.05) is 6.61 Å². The fourth-order valence-electron chi connectivity index (χ4n) is 1.66. The molecule has 6 heteroatoms. The molecule has 0 unspecified atom stereocenters. The summed E-state index contributed by atoms with van der Waals surface area (Å²) in [5, 5.41) is 2.05. The van der Waals surface area contributed by atoms with Gasteiger partial charge >= 0.3 is 5.91 Å². The van der Waals surface area contributed by atoms with Crippen LogP contribution in [0.2, 0.25) is 0 Å². The van der Waals surface area contributed by atoms with Crippen LogP contribution < -0.4 is 11.3 Å². The number of ether oxygens (including phenoxy) is 1. The number of nitrogens with two attached hydrogens (primary N) is 1. The summed E-state index contributed by atoms with van der Waals surface area (Å²) >= 11 is 1.72. The Hall–Kier alpha value is -1.63. The average molecular weight is 280 g/mol. The Morgan fingerprint density at radius 1 is 1.58 bits per heavy atom. The van der Waals surface area contributed by atoms with Gasteiger partial charge in [0.05, 0.1) is 13.2 Å². The number of hydrogen-bond acceptors (Lipinski definition) is 5. The van der Waals surface area contributed by atoms with Gasteiger partial charge in [-0.05, 0) is 24.4 Å². The van der Waals surface area contributed by atoms with E-state index in [1.807, 2.05) is 16.9 Å². The van der Waals surface area contributed by atoms with Crippen molar-refractivity contribution in [3.8, 4) is 0 Å². The molecule has 0 bridgehead atoms. The molecule has 0 aliphatic carbocycles. The lowest BCUT2D eigenvalue weighted by molar-refractivity contribution is 0.0924. The van der Waals surface area contributed by atoms with Gasteiger partial charge in [0, 0.05) is 16.9 Å². The van der Waals surface area contributed by atoms with Crippen LogP contribution in [0, 0.1) is 6.92 Å². The predicted octanol–water partition coefficient (Wildman–Crippen LogP) is 2.01. The number of carbonyl (C=O) groups excluding carboxylic acids is 1. The van der Waals surface area contributed by atoms with Crippen molar-refractivity contribution < 1.29 is 13.9 Å². The highest BCUT2D eigenvalue weighted by atomic mass is 32.1. The second-order valence-corrected chi connectivity index (χ2v) is 5.08. The van der Waals surface area contributed by atoms with Gasteiger partial charge in [-0.15, -0.1) is 11.3 Å². The number of rotatable bonds is 6. The molecule has 0 radical (unpaired) electrons. The van der Waals surface area contributed by atoms with Crippen LogP contribution >= 0.6 is 11.3 Å². The summed E-state index contributed by atoms with van der Waals surface area (Å²) in [5.41, 5.74) is 2.90. The quantitative estimate of drug-likeness (QED) is 0.367. The van der Waals surface area contributed by atoms with E-state index >= 15 is 0 Å². The van der Waals surface area contributed by atoms with Crippen molar-refractivity contribution in [3.05, 3.63) is 45.5 Å². The first-order valence-corrected chi connectivity index (χ1v) is 6.79. The average Bonchev–Trinajstić information content (AvgIpc) is 3.04. The molecule has 1 amide bonds. The molecule has 0 atom stereocenters. The van der Waals surface area contributed by atoms with E-state index in [0.29, 0.717) is 19.0 Å². The Bertz CT molecular complexity index is 534. The van der Waals surface area contributed by atoms with Gasteiger partial charge in [-0.1, -0.05) is 6.07 Å². The standard InChI is InChI=1S/C13H16N2O3S/c1-9-10(7-12(18-9)13(16)15-14)8-17-5-4-11-3-2-6-19-11/h2-3,6-7H,4-5,8,14H2,1H3,(H,15,16). The van der Waals surface area contributed by atoms with Crippen LogP contribution in [0.1, 0.15) is 26.8 Å². The lowest BCUT2D eigenvalue weighted by Gasteiger charge is -2.01. The van der Waals surface area contributed by atoms with E-state index in [2.05, 4.69) is 6.07 Å². The van der Waals surface area contributed by atoms with E-state index in [-0.39, 0.29) is 5.76 Å². The summed E-state index contributed by atoms with van der Waals surface area (Å²) in [5.74, 6) is 5.49. The molecule has 102 valence electrons. The summed E-state index contributed by atoms with van der Waals surface area (Å²) in [4.78, 5) is 12.6. The fraction of sp³-hybridized carbons (Fsp3) is 0.308. The Balaban J connectivity index is 1.82. The van der Waals surface area contributed by atoms with Crippen molar-refractivity contribution in [2.45, 2.75) is 20.0 Å². The zero-order valence-corrected chi connectivity index (χ0v) is 11.5. The number of nitrogen functional groups attached to an aromatic ring is 1. The molecule has 2 rings (SSSR count). The third-order valence-corrected chi connectivity index (χ3v) is 3.64. The fourth-order valence-corrected chi connectivity index (χ4v) is 2.35. The Labute approximate surface area is 115 Å². The van der Waals surface area contributed by atoms with E-state index in [1.165, 1.54) is 4.88 Å². The van der Waals surface area contributed by atoms with Crippen molar-refractivity contribution in [1.29, 1.82) is 0 Å². The topological polar surface area (TPSA) is 77.5 Å². The first kappa shape index (κ1) is 13.8. The summed E-state index contributed by atoms with van der Waals surface area (Å²) in [7, 11) is 0. The summed E-state index contributed by atoms with van der Waals surface area (Å²) in [6, 6.07) is 5.77. The summed E-state index contributed by atoms with van der Waals surface area (Å²) in [6.45, 7) is 2.87. The molecule has 3 N–H and O–H groups in total. The molecule has 2 aromatic heterocycles. The Morgan fingerprint density at radius 2 is 2.42 bits per heavy atom. The highest BCUT2D eigenvalue weighted by molar-refractivity contribution is 7.09. The third kappa shape index (κ3) is 3.66. The summed E-state index contributed by atoms with van der Waals surface area (Å²) in [6.07, 6.45) is 0.894. The zero-order chi connectivity index (χ0) is 13.7. The minimum atomic E-state index is -0.437. The van der Waals surface area contributed by atoms with Gasteiger partial charge in [0.15, 0.2) is 5.76 Å². The van der Waals surface area contributed by atoms with Crippen LogP contribution in [0.5, 0.6) is 0 Å². The molecule has 0 aliphatic heterocycles. The lowest BCUT2D eigenvalue weighted by Crippen LogP contribution is -2.29. The van der Waals surface area contributed by atoms with Crippen molar-refractivity contribution in [1.82, 2.24) is 5.43 Å². The van der Waals surface area contributed by atoms with E-state index in [9.17, 15) is 4.79 Å². The largest absolute Gasteiger partial charge is 0.456 e. The van der Waals surface area contributed by atoms with Gasteiger partial charge in [0.25, 0.3) is 0 Å². The van der Waals surface area contributed by atoms with Gasteiger partial charge in [-0.2, -0.15) is 0 Å². The number of thiophene rings is 1. The van der Waals surface area contributed by atoms with E-state index < -0.39 is 5.91 Å². The SMILES string of the molecule is Cc1oc(C(=O)NN)cc1COCCc1cccs1. The van der Waals surface area contributed by atoms with Crippen LogP contribution in [0.25, 0.3) is 0 Å². The number of carbonyl (C=O) groups is 1. The molecular formula is C13H16N2O3S. The van der Waals surface area contributed by atoms with Crippen LogP contribution in [0.4, 0.5) is 0 Å². The predicted molar refractivity (Wildman–Crippen MR) is 72.8 cm³/mol. The van der Waals surface area contributed by atoms with Crippen molar-refractivity contribution in [2.24, 2.45) is 5.84 Å². The zero-order valence-electron chi connectivity index (χ0n) is 10.6. The highest BCUT2D eigenvalue weighted by Crippen LogP contribution is 2.16. The van der Waals surface area contributed by atoms with Gasteiger partial charge in [-0.3, -0.25) is 10.2 Å². The monoisotopic (exact) mass is 280 g/mol. The van der Waals surface area contributed by atoms with Crippen LogP contribution in [-0.2, 0) is 17.8 Å². The molecule has 0 saturated carbocycles. The lowest BCUT2D eigenvalue weighted by atomic mass is 10.2. The number of hydrazine groups is 1. The van der Waals surface area contributed by atoms with Gasteiger partial charge < -0.3 is 9.15 Å². The number of hydrogen-bond donors (Lipinski definition) is 2. The minimum Gasteiger partial charge on any atom is -0.456 e. The van der Waals surface area contributed by atoms with Gasteiger partial charge in [0.2, 0.25) is 0 Å². The normalized spacial score (nSPS) is 10.6. The van der Waals surface area contributed by atoms with Crippen molar-refractivity contribution in [3.63, 3.8) is 0 Å². The number of aryl methyl sites for hydroxylation is 1. The molecule has 0 saturated heterocycles. The molecule has 0 spiro atoms.